The molecule has 1 aliphatic rings. The number of nitrogens with two attached hydrogens (primary N) is 1. The van der Waals surface area contributed by atoms with Crippen LogP contribution in [0, 0.1) is 0 Å². The smallest absolute Gasteiger partial charge is 0.119 e. The van der Waals surface area contributed by atoms with Crippen LogP contribution in [-0.2, 0) is 6.42 Å². The maximum Gasteiger partial charge on any atom is 0.119 e. The Morgan fingerprint density at radius 2 is 2.36 bits per heavy atom. The molecule has 1 aromatic carbocycles. The van der Waals surface area contributed by atoms with E-state index in [2.05, 4.69) is 0 Å². The first-order chi connectivity index (χ1) is 6.72. The lowest BCUT2D eigenvalue weighted by Gasteiger charge is -2.09. The predicted molar refractivity (Wildman–Crippen MR) is 54.3 cm³/mol. The van der Waals surface area contributed by atoms with Crippen LogP contribution in [0.15, 0.2) is 18.2 Å². The number of hydrogen-bond acceptors (Lipinski definition) is 3. The Morgan fingerprint density at radius 3 is 3.07 bits per heavy atom. The van der Waals surface area contributed by atoms with Crippen molar-refractivity contribution in [1.82, 2.24) is 0 Å². The van der Waals surface area contributed by atoms with E-state index in [1.54, 1.807) is 0 Å². The van der Waals surface area contributed by atoms with Gasteiger partial charge in [-0.15, -0.1) is 0 Å². The molecule has 3 N–H and O–H groups in total. The Morgan fingerprint density at radius 1 is 1.57 bits per heavy atom. The van der Waals surface area contributed by atoms with Crippen molar-refractivity contribution >= 4 is 0 Å². The molecule has 14 heavy (non-hydrogen) atoms. The highest BCUT2D eigenvalue weighted by molar-refractivity contribution is 5.41. The van der Waals surface area contributed by atoms with Gasteiger partial charge in [0.15, 0.2) is 0 Å². The summed E-state index contributed by atoms with van der Waals surface area (Å²) < 4.78 is 5.36. The van der Waals surface area contributed by atoms with E-state index in [-0.39, 0.29) is 6.04 Å². The lowest BCUT2D eigenvalue weighted by Crippen LogP contribution is -2.24. The molecule has 0 amide bonds. The molecule has 0 saturated heterocycles. The molecule has 1 aliphatic carbocycles. The maximum atomic E-state index is 9.76. The Labute approximate surface area is 83.5 Å². The molecule has 2 atom stereocenters. The summed E-state index contributed by atoms with van der Waals surface area (Å²) in [4.78, 5) is 0. The van der Waals surface area contributed by atoms with Gasteiger partial charge < -0.3 is 15.6 Å². The van der Waals surface area contributed by atoms with Crippen molar-refractivity contribution in [3.63, 3.8) is 0 Å². The highest BCUT2D eigenvalue weighted by atomic mass is 16.5. The van der Waals surface area contributed by atoms with Crippen molar-refractivity contribution in [2.24, 2.45) is 5.73 Å². The normalized spacial score (nSPS) is 24.8. The van der Waals surface area contributed by atoms with Crippen LogP contribution in [-0.4, -0.2) is 17.8 Å². The monoisotopic (exact) mass is 193 g/mol. The summed E-state index contributed by atoms with van der Waals surface area (Å²) in [6.07, 6.45) is 0.216. The zero-order chi connectivity index (χ0) is 10.1. The van der Waals surface area contributed by atoms with Crippen LogP contribution in [0.4, 0.5) is 0 Å². The minimum Gasteiger partial charge on any atom is -0.494 e. The molecule has 76 valence electrons. The van der Waals surface area contributed by atoms with Gasteiger partial charge in [-0.3, -0.25) is 0 Å². The summed E-state index contributed by atoms with van der Waals surface area (Å²) >= 11 is 0. The minimum absolute atomic E-state index is 0.165. The molecule has 1 aromatic rings. The van der Waals surface area contributed by atoms with Crippen LogP contribution >= 0.6 is 0 Å². The Balaban J connectivity index is 2.31. The van der Waals surface area contributed by atoms with Crippen molar-refractivity contribution in [3.8, 4) is 5.75 Å². The fourth-order valence-electron chi connectivity index (χ4n) is 1.89. The summed E-state index contributed by atoms with van der Waals surface area (Å²) in [6.45, 7) is 2.58. The van der Waals surface area contributed by atoms with Gasteiger partial charge in [-0.05, 0) is 36.6 Å². The van der Waals surface area contributed by atoms with Gasteiger partial charge in [0, 0.05) is 6.04 Å². The van der Waals surface area contributed by atoms with Gasteiger partial charge in [0.1, 0.15) is 5.75 Å². The average molecular weight is 193 g/mol. The molecular weight excluding hydrogens is 178 g/mol. The van der Waals surface area contributed by atoms with E-state index in [4.69, 9.17) is 10.5 Å². The summed E-state index contributed by atoms with van der Waals surface area (Å²) in [6, 6.07) is 5.63. The molecule has 0 saturated carbocycles. The SMILES string of the molecule is CCOc1ccc2c(c1)[C@H](O)[C@@H](N)C2. The molecular formula is C11H15NO2. The fraction of sp³-hybridized carbons (Fsp3) is 0.455. The number of fused-ring (bicyclic) bond motifs is 1. The molecule has 0 spiro atoms. The molecule has 0 unspecified atom stereocenters. The van der Waals surface area contributed by atoms with Gasteiger partial charge in [-0.25, -0.2) is 0 Å². The number of aliphatic hydroxyl groups is 1. The summed E-state index contributed by atoms with van der Waals surface area (Å²) in [5.74, 6) is 0.805. The zero-order valence-electron chi connectivity index (χ0n) is 8.23. The van der Waals surface area contributed by atoms with Gasteiger partial charge in [0.05, 0.1) is 12.7 Å². The van der Waals surface area contributed by atoms with Gasteiger partial charge in [-0.1, -0.05) is 6.07 Å². The molecule has 0 radical (unpaired) electrons. The second-order valence-corrected chi connectivity index (χ2v) is 3.61. The number of ether oxygens (including phenoxy) is 1. The molecule has 3 nitrogen and oxygen atoms in total. The van der Waals surface area contributed by atoms with E-state index < -0.39 is 6.10 Å². The second-order valence-electron chi connectivity index (χ2n) is 3.61. The third-order valence-corrected chi connectivity index (χ3v) is 2.61. The van der Waals surface area contributed by atoms with Crippen molar-refractivity contribution in [1.29, 1.82) is 0 Å². The van der Waals surface area contributed by atoms with Gasteiger partial charge in [0.2, 0.25) is 0 Å². The van der Waals surface area contributed by atoms with E-state index in [1.807, 2.05) is 25.1 Å². The van der Waals surface area contributed by atoms with Crippen molar-refractivity contribution < 1.29 is 9.84 Å². The van der Waals surface area contributed by atoms with Crippen molar-refractivity contribution in [3.05, 3.63) is 29.3 Å². The summed E-state index contributed by atoms with van der Waals surface area (Å²) in [7, 11) is 0. The van der Waals surface area contributed by atoms with Gasteiger partial charge in [0.25, 0.3) is 0 Å². The first-order valence-electron chi connectivity index (χ1n) is 4.91. The molecule has 2 rings (SSSR count). The van der Waals surface area contributed by atoms with Gasteiger partial charge in [-0.2, -0.15) is 0 Å². The van der Waals surface area contributed by atoms with Gasteiger partial charge >= 0.3 is 0 Å². The van der Waals surface area contributed by atoms with Crippen molar-refractivity contribution in [2.75, 3.05) is 6.61 Å². The molecule has 0 bridgehead atoms. The quantitative estimate of drug-likeness (QED) is 0.736. The Kier molecular flexibility index (Phi) is 2.44. The van der Waals surface area contributed by atoms with E-state index in [1.165, 1.54) is 0 Å². The van der Waals surface area contributed by atoms with Crippen LogP contribution in [0.5, 0.6) is 5.75 Å². The van der Waals surface area contributed by atoms with Crippen LogP contribution in [0.25, 0.3) is 0 Å². The third kappa shape index (κ3) is 1.49. The first kappa shape index (κ1) is 9.49. The topological polar surface area (TPSA) is 55.5 Å². The predicted octanol–water partition coefficient (Wildman–Crippen LogP) is 1.00. The van der Waals surface area contributed by atoms with Crippen molar-refractivity contribution in [2.45, 2.75) is 25.5 Å². The molecule has 0 fully saturated rings. The average Bonchev–Trinajstić information content (AvgIpc) is 2.45. The molecule has 0 heterocycles. The first-order valence-corrected chi connectivity index (χ1v) is 4.91. The Hall–Kier alpha value is -1.06. The Bertz CT molecular complexity index is 338. The number of benzene rings is 1. The van der Waals surface area contributed by atoms with E-state index in [0.29, 0.717) is 6.61 Å². The summed E-state index contributed by atoms with van der Waals surface area (Å²) in [5.41, 5.74) is 7.81. The lowest BCUT2D eigenvalue weighted by atomic mass is 10.1. The van der Waals surface area contributed by atoms with Crippen LogP contribution in [0.1, 0.15) is 24.2 Å². The molecule has 0 aromatic heterocycles. The second kappa shape index (κ2) is 3.59. The van der Waals surface area contributed by atoms with E-state index in [9.17, 15) is 5.11 Å². The van der Waals surface area contributed by atoms with Crippen LogP contribution in [0.3, 0.4) is 0 Å². The van der Waals surface area contributed by atoms with E-state index >= 15 is 0 Å². The molecule has 3 heteroatoms. The maximum absolute atomic E-state index is 9.76. The number of rotatable bonds is 2. The minimum atomic E-state index is -0.537. The summed E-state index contributed by atoms with van der Waals surface area (Å²) in [5, 5.41) is 9.76. The fourth-order valence-corrected chi connectivity index (χ4v) is 1.89. The van der Waals surface area contributed by atoms with E-state index in [0.717, 1.165) is 23.3 Å². The number of hydrogen-bond donors (Lipinski definition) is 2. The van der Waals surface area contributed by atoms with Crippen LogP contribution < -0.4 is 10.5 Å². The van der Waals surface area contributed by atoms with Crippen LogP contribution in [0.2, 0.25) is 0 Å². The third-order valence-electron chi connectivity index (χ3n) is 2.61. The standard InChI is InChI=1S/C11H15NO2/c1-2-14-8-4-3-7-5-10(12)11(13)9(7)6-8/h3-4,6,10-11,13H,2,5,12H2,1H3/t10-,11-/m0/s1. The largest absolute Gasteiger partial charge is 0.494 e. The number of aliphatic hydroxyl groups excluding tert-OH is 1. The highest BCUT2D eigenvalue weighted by Gasteiger charge is 2.28. The lowest BCUT2D eigenvalue weighted by molar-refractivity contribution is 0.159. The zero-order valence-corrected chi connectivity index (χ0v) is 8.23. The highest BCUT2D eigenvalue weighted by Crippen LogP contribution is 2.32. The molecule has 0 aliphatic heterocycles.